The molecular formula is C18H19NO3. The molecule has 1 atom stereocenters. The summed E-state index contributed by atoms with van der Waals surface area (Å²) in [6.07, 6.45) is 0.718. The first-order valence-corrected chi connectivity index (χ1v) is 7.11. The number of rotatable bonds is 6. The van der Waals surface area contributed by atoms with Gasteiger partial charge in [0.25, 0.3) is 5.91 Å². The molecule has 0 aromatic heterocycles. The number of ether oxygens (including phenoxy) is 1. The smallest absolute Gasteiger partial charge is 0.260 e. The van der Waals surface area contributed by atoms with E-state index in [0.29, 0.717) is 11.3 Å². The topological polar surface area (TPSA) is 46.6 Å². The van der Waals surface area contributed by atoms with Crippen LogP contribution in [0.25, 0.3) is 0 Å². The third-order valence-corrected chi connectivity index (χ3v) is 3.65. The SMILES string of the molecule is CC(c1ccccc1)N(C)C(=O)COc1ccccc1C=O. The molecule has 4 nitrogen and oxygen atoms in total. The second-order valence-electron chi connectivity index (χ2n) is 5.04. The van der Waals surface area contributed by atoms with Gasteiger partial charge in [0.2, 0.25) is 0 Å². The molecule has 0 aliphatic heterocycles. The third kappa shape index (κ3) is 3.73. The summed E-state index contributed by atoms with van der Waals surface area (Å²) < 4.78 is 5.47. The van der Waals surface area contributed by atoms with Gasteiger partial charge in [0.05, 0.1) is 11.6 Å². The molecule has 2 rings (SSSR count). The van der Waals surface area contributed by atoms with Gasteiger partial charge in [0.1, 0.15) is 5.75 Å². The molecule has 0 saturated carbocycles. The standard InChI is InChI=1S/C18H19NO3/c1-14(15-8-4-3-5-9-15)19(2)18(21)13-22-17-11-7-6-10-16(17)12-20/h3-12,14H,13H2,1-2H3. The lowest BCUT2D eigenvalue weighted by atomic mass is 10.1. The average molecular weight is 297 g/mol. The van der Waals surface area contributed by atoms with Crippen LogP contribution in [-0.2, 0) is 4.79 Å². The van der Waals surface area contributed by atoms with Crippen molar-refractivity contribution in [2.45, 2.75) is 13.0 Å². The summed E-state index contributed by atoms with van der Waals surface area (Å²) in [4.78, 5) is 24.8. The van der Waals surface area contributed by atoms with E-state index in [1.165, 1.54) is 0 Å². The highest BCUT2D eigenvalue weighted by molar-refractivity contribution is 5.81. The fourth-order valence-corrected chi connectivity index (χ4v) is 2.12. The van der Waals surface area contributed by atoms with Gasteiger partial charge >= 0.3 is 0 Å². The highest BCUT2D eigenvalue weighted by Crippen LogP contribution is 2.19. The Hall–Kier alpha value is -2.62. The lowest BCUT2D eigenvalue weighted by Gasteiger charge is -2.25. The zero-order chi connectivity index (χ0) is 15.9. The number of hydrogen-bond acceptors (Lipinski definition) is 3. The number of hydrogen-bond donors (Lipinski definition) is 0. The maximum Gasteiger partial charge on any atom is 0.260 e. The molecule has 0 N–H and O–H groups in total. The Morgan fingerprint density at radius 3 is 2.45 bits per heavy atom. The summed E-state index contributed by atoms with van der Waals surface area (Å²) in [6.45, 7) is 1.87. The van der Waals surface area contributed by atoms with Crippen molar-refractivity contribution in [2.75, 3.05) is 13.7 Å². The minimum atomic E-state index is -0.142. The predicted molar refractivity (Wildman–Crippen MR) is 85.0 cm³/mol. The fourth-order valence-electron chi connectivity index (χ4n) is 2.12. The van der Waals surface area contributed by atoms with Crippen molar-refractivity contribution in [3.05, 3.63) is 65.7 Å². The number of likely N-dealkylation sites (N-methyl/N-ethyl adjacent to an activating group) is 1. The fraction of sp³-hybridized carbons (Fsp3) is 0.222. The molecule has 22 heavy (non-hydrogen) atoms. The number of amides is 1. The Labute approximate surface area is 130 Å². The third-order valence-electron chi connectivity index (χ3n) is 3.65. The van der Waals surface area contributed by atoms with Crippen LogP contribution in [0.1, 0.15) is 28.9 Å². The second-order valence-corrected chi connectivity index (χ2v) is 5.04. The number of carbonyl (C=O) groups excluding carboxylic acids is 2. The molecule has 0 fully saturated rings. The van der Waals surface area contributed by atoms with Crippen LogP contribution in [0.15, 0.2) is 54.6 Å². The van der Waals surface area contributed by atoms with Gasteiger partial charge in [-0.1, -0.05) is 42.5 Å². The normalized spacial score (nSPS) is 11.5. The minimum absolute atomic E-state index is 0.0429. The minimum Gasteiger partial charge on any atom is -0.483 e. The van der Waals surface area contributed by atoms with Crippen molar-refractivity contribution < 1.29 is 14.3 Å². The largest absolute Gasteiger partial charge is 0.483 e. The molecule has 0 aliphatic carbocycles. The molecular weight excluding hydrogens is 278 g/mol. The number of nitrogens with zero attached hydrogens (tertiary/aromatic N) is 1. The van der Waals surface area contributed by atoms with Gasteiger partial charge in [0, 0.05) is 7.05 Å². The zero-order valence-electron chi connectivity index (χ0n) is 12.7. The van der Waals surface area contributed by atoms with Gasteiger partial charge in [-0.05, 0) is 24.6 Å². The first-order valence-electron chi connectivity index (χ1n) is 7.11. The van der Waals surface area contributed by atoms with E-state index in [1.54, 1.807) is 36.2 Å². The molecule has 1 amide bonds. The van der Waals surface area contributed by atoms with Crippen LogP contribution in [0.3, 0.4) is 0 Å². The number of benzene rings is 2. The Bertz CT molecular complexity index is 640. The number of aldehydes is 1. The van der Waals surface area contributed by atoms with Crippen molar-refractivity contribution in [3.63, 3.8) is 0 Å². The van der Waals surface area contributed by atoms with E-state index in [0.717, 1.165) is 11.8 Å². The van der Waals surface area contributed by atoms with Crippen molar-refractivity contribution in [3.8, 4) is 5.75 Å². The van der Waals surface area contributed by atoms with E-state index >= 15 is 0 Å². The maximum absolute atomic E-state index is 12.2. The van der Waals surface area contributed by atoms with Crippen molar-refractivity contribution >= 4 is 12.2 Å². The van der Waals surface area contributed by atoms with Gasteiger partial charge in [-0.15, -0.1) is 0 Å². The predicted octanol–water partition coefficient (Wildman–Crippen LogP) is 3.10. The molecule has 0 aliphatic rings. The number of para-hydroxylation sites is 1. The van der Waals surface area contributed by atoms with Crippen LogP contribution in [0.2, 0.25) is 0 Å². The average Bonchev–Trinajstić information content (AvgIpc) is 2.59. The monoisotopic (exact) mass is 297 g/mol. The van der Waals surface area contributed by atoms with Gasteiger partial charge < -0.3 is 9.64 Å². The number of carbonyl (C=O) groups is 2. The maximum atomic E-state index is 12.2. The molecule has 0 radical (unpaired) electrons. The summed E-state index contributed by atoms with van der Waals surface area (Å²) in [5.74, 6) is 0.281. The van der Waals surface area contributed by atoms with Gasteiger partial charge in [-0.2, -0.15) is 0 Å². The van der Waals surface area contributed by atoms with Crippen LogP contribution < -0.4 is 4.74 Å². The molecule has 114 valence electrons. The molecule has 0 heterocycles. The Balaban J connectivity index is 1.98. The molecule has 0 bridgehead atoms. The Morgan fingerprint density at radius 1 is 1.14 bits per heavy atom. The second kappa shape index (κ2) is 7.41. The molecule has 0 saturated heterocycles. The molecule has 1 unspecified atom stereocenters. The van der Waals surface area contributed by atoms with E-state index in [2.05, 4.69) is 0 Å². The molecule has 2 aromatic rings. The van der Waals surface area contributed by atoms with Gasteiger partial charge in [0.15, 0.2) is 12.9 Å². The molecule has 0 spiro atoms. The summed E-state index contributed by atoms with van der Waals surface area (Å²) >= 11 is 0. The van der Waals surface area contributed by atoms with Gasteiger partial charge in [-0.3, -0.25) is 9.59 Å². The van der Waals surface area contributed by atoms with E-state index in [1.807, 2.05) is 37.3 Å². The van der Waals surface area contributed by atoms with E-state index in [4.69, 9.17) is 4.74 Å². The highest BCUT2D eigenvalue weighted by Gasteiger charge is 2.18. The molecule has 2 aromatic carbocycles. The first-order chi connectivity index (χ1) is 10.6. The van der Waals surface area contributed by atoms with E-state index in [-0.39, 0.29) is 18.6 Å². The lowest BCUT2D eigenvalue weighted by Crippen LogP contribution is -2.33. The van der Waals surface area contributed by atoms with Crippen LogP contribution in [0, 0.1) is 0 Å². The summed E-state index contributed by atoms with van der Waals surface area (Å²) in [5, 5.41) is 0. The van der Waals surface area contributed by atoms with Crippen LogP contribution in [-0.4, -0.2) is 30.7 Å². The summed E-state index contributed by atoms with van der Waals surface area (Å²) in [5.41, 5.74) is 1.50. The van der Waals surface area contributed by atoms with Crippen molar-refractivity contribution in [1.82, 2.24) is 4.90 Å². The quantitative estimate of drug-likeness (QED) is 0.770. The zero-order valence-corrected chi connectivity index (χ0v) is 12.7. The van der Waals surface area contributed by atoms with Crippen LogP contribution >= 0.6 is 0 Å². The Morgan fingerprint density at radius 2 is 1.77 bits per heavy atom. The van der Waals surface area contributed by atoms with E-state index < -0.39 is 0 Å². The van der Waals surface area contributed by atoms with E-state index in [9.17, 15) is 9.59 Å². The first kappa shape index (κ1) is 15.8. The Kier molecular flexibility index (Phi) is 5.31. The highest BCUT2D eigenvalue weighted by atomic mass is 16.5. The van der Waals surface area contributed by atoms with Crippen LogP contribution in [0.5, 0.6) is 5.75 Å². The molecule has 4 heteroatoms. The summed E-state index contributed by atoms with van der Waals surface area (Å²) in [7, 11) is 1.75. The lowest BCUT2D eigenvalue weighted by molar-refractivity contribution is -0.134. The van der Waals surface area contributed by atoms with Crippen molar-refractivity contribution in [1.29, 1.82) is 0 Å². The van der Waals surface area contributed by atoms with Crippen LogP contribution in [0.4, 0.5) is 0 Å². The van der Waals surface area contributed by atoms with Crippen molar-refractivity contribution in [2.24, 2.45) is 0 Å². The summed E-state index contributed by atoms with van der Waals surface area (Å²) in [6, 6.07) is 16.6. The van der Waals surface area contributed by atoms with Gasteiger partial charge in [-0.25, -0.2) is 0 Å².